The van der Waals surface area contributed by atoms with Gasteiger partial charge in [-0.1, -0.05) is 103 Å². The smallest absolute Gasteiger partial charge is 0.306 e. The number of benzene rings is 3. The third-order valence-electron chi connectivity index (χ3n) is 8.56. The van der Waals surface area contributed by atoms with Gasteiger partial charge >= 0.3 is 17.9 Å². The standard InChI is InChI=1S/C41H49BrO10S/c1-25-13-17-31(41(5,6)7)21-34(25)53-40-39(50-28(4)45)38(51-35(46)20-14-26(2)43)37(49-23-30-15-18-32(42)19-16-30)36(52-40)33(24-47-27(3)44)48-22-29-11-9-8-10-12-29/h8-13,15-19,21,33,36-40H,14,20,22-24H2,1-7H3/t33-,36-,37-,38+,39+,40?/m1/s1. The second-order valence-electron chi connectivity index (χ2n) is 14.1. The summed E-state index contributed by atoms with van der Waals surface area (Å²) in [4.78, 5) is 51.1. The number of thioether (sulfide) groups is 1. The highest BCUT2D eigenvalue weighted by atomic mass is 79.9. The molecular weight excluding hydrogens is 764 g/mol. The van der Waals surface area contributed by atoms with Crippen LogP contribution in [0, 0.1) is 6.92 Å². The number of carbonyl (C=O) groups excluding carboxylic acids is 4. The average molecular weight is 814 g/mol. The molecule has 0 radical (unpaired) electrons. The highest BCUT2D eigenvalue weighted by Gasteiger charge is 2.54. The van der Waals surface area contributed by atoms with Crippen LogP contribution in [0.15, 0.2) is 82.2 Å². The van der Waals surface area contributed by atoms with Gasteiger partial charge in [0.2, 0.25) is 0 Å². The van der Waals surface area contributed by atoms with E-state index in [-0.39, 0.29) is 43.9 Å². The maximum absolute atomic E-state index is 13.5. The highest BCUT2D eigenvalue weighted by molar-refractivity contribution is 9.10. The summed E-state index contributed by atoms with van der Waals surface area (Å²) >= 11 is 4.79. The summed E-state index contributed by atoms with van der Waals surface area (Å²) in [6.07, 6.45) is -5.58. The third kappa shape index (κ3) is 13.1. The summed E-state index contributed by atoms with van der Waals surface area (Å²) in [5.74, 6) is -1.98. The van der Waals surface area contributed by atoms with Crippen molar-refractivity contribution in [2.75, 3.05) is 6.61 Å². The Morgan fingerprint density at radius 2 is 1.49 bits per heavy atom. The molecule has 1 saturated heterocycles. The molecule has 1 aliphatic rings. The lowest BCUT2D eigenvalue weighted by atomic mass is 9.87. The van der Waals surface area contributed by atoms with Gasteiger partial charge in [-0.2, -0.15) is 0 Å². The van der Waals surface area contributed by atoms with Crippen LogP contribution in [0.3, 0.4) is 0 Å². The summed E-state index contributed by atoms with van der Waals surface area (Å²) in [5.41, 5.74) is 2.64. The number of ether oxygens (including phenoxy) is 6. The molecule has 0 bridgehead atoms. The predicted molar refractivity (Wildman–Crippen MR) is 204 cm³/mol. The van der Waals surface area contributed by atoms with Crippen LogP contribution in [0.25, 0.3) is 0 Å². The number of carbonyl (C=O) groups is 4. The van der Waals surface area contributed by atoms with E-state index in [1.807, 2.05) is 67.6 Å². The zero-order valence-corrected chi connectivity index (χ0v) is 33.7. The van der Waals surface area contributed by atoms with Gasteiger partial charge in [-0.05, 0) is 59.7 Å². The normalized spacial score (nSPS) is 20.6. The van der Waals surface area contributed by atoms with Crippen LogP contribution in [0.1, 0.15) is 76.6 Å². The number of ketones is 1. The van der Waals surface area contributed by atoms with Crippen molar-refractivity contribution in [1.29, 1.82) is 0 Å². The number of hydrogen-bond acceptors (Lipinski definition) is 11. The van der Waals surface area contributed by atoms with E-state index in [1.165, 1.54) is 32.5 Å². The van der Waals surface area contributed by atoms with Crippen LogP contribution in [-0.2, 0) is 66.2 Å². The molecule has 0 amide bonds. The molecule has 1 unspecified atom stereocenters. The molecule has 0 saturated carbocycles. The van der Waals surface area contributed by atoms with Crippen LogP contribution in [0.2, 0.25) is 0 Å². The molecule has 286 valence electrons. The largest absolute Gasteiger partial charge is 0.463 e. The molecule has 12 heteroatoms. The highest BCUT2D eigenvalue weighted by Crippen LogP contribution is 2.41. The molecule has 53 heavy (non-hydrogen) atoms. The molecule has 10 nitrogen and oxygen atoms in total. The lowest BCUT2D eigenvalue weighted by Crippen LogP contribution is -2.63. The van der Waals surface area contributed by atoms with Gasteiger partial charge in [0.05, 0.1) is 19.6 Å². The van der Waals surface area contributed by atoms with Crippen LogP contribution in [-0.4, -0.2) is 66.3 Å². The summed E-state index contributed by atoms with van der Waals surface area (Å²) in [5, 5.41) is 0. The van der Waals surface area contributed by atoms with Crippen molar-refractivity contribution in [2.45, 2.75) is 121 Å². The summed E-state index contributed by atoms with van der Waals surface area (Å²) in [6, 6.07) is 23.2. The Bertz CT molecular complexity index is 1690. The van der Waals surface area contributed by atoms with E-state index in [4.69, 9.17) is 28.4 Å². The zero-order chi connectivity index (χ0) is 38.7. The van der Waals surface area contributed by atoms with Gasteiger partial charge in [0.1, 0.15) is 36.1 Å². The van der Waals surface area contributed by atoms with E-state index in [2.05, 4.69) is 48.8 Å². The number of Topliss-reactive ketones (excluding diaryl/α,β-unsaturated/α-hetero) is 1. The Labute approximate surface area is 324 Å². The summed E-state index contributed by atoms with van der Waals surface area (Å²) in [6.45, 7) is 12.3. The summed E-state index contributed by atoms with van der Waals surface area (Å²) in [7, 11) is 0. The first-order chi connectivity index (χ1) is 25.1. The van der Waals surface area contributed by atoms with Crippen molar-refractivity contribution in [2.24, 2.45) is 0 Å². The van der Waals surface area contributed by atoms with Gasteiger partial charge in [-0.15, -0.1) is 0 Å². The van der Waals surface area contributed by atoms with E-state index in [9.17, 15) is 19.2 Å². The van der Waals surface area contributed by atoms with Crippen molar-refractivity contribution in [3.8, 4) is 0 Å². The average Bonchev–Trinajstić information content (AvgIpc) is 3.09. The molecule has 1 fully saturated rings. The first-order valence-corrected chi connectivity index (χ1v) is 19.2. The lowest BCUT2D eigenvalue weighted by molar-refractivity contribution is -0.259. The molecule has 3 aromatic carbocycles. The van der Waals surface area contributed by atoms with Crippen LogP contribution < -0.4 is 0 Å². The van der Waals surface area contributed by atoms with Crippen molar-refractivity contribution >= 4 is 51.4 Å². The second kappa shape index (κ2) is 19.7. The molecule has 1 aliphatic heterocycles. The maximum Gasteiger partial charge on any atom is 0.306 e. The first-order valence-electron chi connectivity index (χ1n) is 17.5. The van der Waals surface area contributed by atoms with E-state index >= 15 is 0 Å². The lowest BCUT2D eigenvalue weighted by Gasteiger charge is -2.47. The van der Waals surface area contributed by atoms with Crippen molar-refractivity contribution in [3.63, 3.8) is 0 Å². The Morgan fingerprint density at radius 3 is 2.11 bits per heavy atom. The topological polar surface area (TPSA) is 124 Å². The monoisotopic (exact) mass is 812 g/mol. The molecule has 0 spiro atoms. The molecule has 0 aliphatic carbocycles. The fourth-order valence-electron chi connectivity index (χ4n) is 5.67. The minimum Gasteiger partial charge on any atom is -0.463 e. The molecule has 6 atom stereocenters. The van der Waals surface area contributed by atoms with Crippen molar-refractivity contribution in [3.05, 3.63) is 99.5 Å². The Balaban J connectivity index is 1.84. The molecule has 3 aromatic rings. The SMILES string of the molecule is CC(=O)CCC(=O)O[C@H]1[C@H](OCc2ccc(Br)cc2)[C@@H]([C@@H](COC(C)=O)OCc2ccccc2)OC(Sc2cc(C(C)(C)C)ccc2C)[C@H]1OC(C)=O. The number of aryl methyl sites for hydroxylation is 1. The minimum absolute atomic E-state index is 0.0274. The third-order valence-corrected chi connectivity index (χ3v) is 10.4. The quantitative estimate of drug-likeness (QED) is 0.104. The van der Waals surface area contributed by atoms with E-state index in [1.54, 1.807) is 0 Å². The number of hydrogen-bond donors (Lipinski definition) is 0. The molecular formula is C41H49BrO10S. The van der Waals surface area contributed by atoms with Gasteiger partial charge in [0.15, 0.2) is 12.2 Å². The second-order valence-corrected chi connectivity index (χ2v) is 16.1. The Kier molecular flexibility index (Phi) is 15.7. The summed E-state index contributed by atoms with van der Waals surface area (Å²) < 4.78 is 38.5. The number of rotatable bonds is 16. The molecule has 0 aromatic heterocycles. The van der Waals surface area contributed by atoms with Gasteiger partial charge in [-0.3, -0.25) is 14.4 Å². The van der Waals surface area contributed by atoms with Crippen molar-refractivity contribution in [1.82, 2.24) is 0 Å². The molecule has 4 rings (SSSR count). The van der Waals surface area contributed by atoms with Gasteiger partial charge in [0.25, 0.3) is 0 Å². The van der Waals surface area contributed by atoms with Crippen LogP contribution in [0.4, 0.5) is 0 Å². The fourth-order valence-corrected chi connectivity index (χ4v) is 7.16. The van der Waals surface area contributed by atoms with Crippen molar-refractivity contribution < 1.29 is 47.6 Å². The Hall–Kier alpha value is -3.55. The first kappa shape index (κ1) is 42.2. The van der Waals surface area contributed by atoms with Gasteiger partial charge in [0, 0.05) is 29.6 Å². The van der Waals surface area contributed by atoms with Crippen LogP contribution in [0.5, 0.6) is 0 Å². The maximum atomic E-state index is 13.5. The van der Waals surface area contributed by atoms with E-state index in [0.29, 0.717) is 0 Å². The fraction of sp³-hybridized carbons (Fsp3) is 0.463. The van der Waals surface area contributed by atoms with Gasteiger partial charge in [-0.25, -0.2) is 0 Å². The van der Waals surface area contributed by atoms with Gasteiger partial charge < -0.3 is 33.2 Å². The Morgan fingerprint density at radius 1 is 0.811 bits per heavy atom. The molecule has 0 N–H and O–H groups in total. The van der Waals surface area contributed by atoms with E-state index < -0.39 is 53.9 Å². The number of esters is 3. The van der Waals surface area contributed by atoms with Crippen LogP contribution >= 0.6 is 27.7 Å². The molecule has 1 heterocycles. The zero-order valence-electron chi connectivity index (χ0n) is 31.3. The predicted octanol–water partition coefficient (Wildman–Crippen LogP) is 7.82. The minimum atomic E-state index is -1.21. The number of halogens is 1. The van der Waals surface area contributed by atoms with E-state index in [0.717, 1.165) is 31.6 Å².